The number of ether oxygens (including phenoxy) is 4. The zero-order valence-corrected chi connectivity index (χ0v) is 16.6. The van der Waals surface area contributed by atoms with Crippen molar-refractivity contribution in [3.8, 4) is 45.4 Å². The van der Waals surface area contributed by atoms with Gasteiger partial charge in [-0.1, -0.05) is 18.2 Å². The van der Waals surface area contributed by atoms with Crippen LogP contribution in [0.25, 0.3) is 33.4 Å². The Morgan fingerprint density at radius 2 is 1.45 bits per heavy atom. The third kappa shape index (κ3) is 3.10. The van der Waals surface area contributed by atoms with Crippen LogP contribution < -0.4 is 18.9 Å². The number of nitrogens with one attached hydrogen (secondary N) is 1. The molecule has 148 valence electrons. The molecule has 0 atom stereocenters. The van der Waals surface area contributed by atoms with Gasteiger partial charge < -0.3 is 18.9 Å². The molecule has 0 spiro atoms. The van der Waals surface area contributed by atoms with Crippen LogP contribution in [-0.4, -0.2) is 43.6 Å². The predicted molar refractivity (Wildman–Crippen MR) is 111 cm³/mol. The Hall–Kier alpha value is -3.74. The van der Waals surface area contributed by atoms with E-state index < -0.39 is 0 Å². The van der Waals surface area contributed by atoms with Crippen LogP contribution in [0.4, 0.5) is 0 Å². The molecular formula is C22H21N3O4. The monoisotopic (exact) mass is 391 g/mol. The topological polar surface area (TPSA) is 78.5 Å². The summed E-state index contributed by atoms with van der Waals surface area (Å²) in [5.74, 6) is 2.43. The number of benzene rings is 2. The van der Waals surface area contributed by atoms with Crippen LogP contribution in [0.2, 0.25) is 0 Å². The van der Waals surface area contributed by atoms with Crippen molar-refractivity contribution in [2.45, 2.75) is 0 Å². The number of H-pyrrole nitrogens is 1. The molecule has 0 unspecified atom stereocenters. The van der Waals surface area contributed by atoms with E-state index >= 15 is 0 Å². The standard InChI is InChI=1S/C22H21N3O4/c1-26-16-8-6-5-7-14(16)15-9-10-23-22-19(15)20(24-25-22)13-11-17(27-2)21(29-4)18(12-13)28-3/h5-12H,1-4H3,(H,23,24,25). The molecule has 2 heterocycles. The second kappa shape index (κ2) is 7.71. The van der Waals surface area contributed by atoms with Crippen molar-refractivity contribution >= 4 is 11.0 Å². The minimum Gasteiger partial charge on any atom is -0.496 e. The summed E-state index contributed by atoms with van der Waals surface area (Å²) < 4.78 is 22.0. The molecule has 0 fully saturated rings. The molecule has 0 saturated heterocycles. The van der Waals surface area contributed by atoms with Crippen molar-refractivity contribution in [3.63, 3.8) is 0 Å². The quantitative estimate of drug-likeness (QED) is 0.527. The van der Waals surface area contributed by atoms with Gasteiger partial charge in [-0.2, -0.15) is 5.10 Å². The Bertz CT molecular complexity index is 1140. The summed E-state index contributed by atoms with van der Waals surface area (Å²) in [5, 5.41) is 8.39. The van der Waals surface area contributed by atoms with Crippen molar-refractivity contribution in [2.75, 3.05) is 28.4 Å². The van der Waals surface area contributed by atoms with Gasteiger partial charge in [-0.15, -0.1) is 0 Å². The molecule has 0 bridgehead atoms. The van der Waals surface area contributed by atoms with Crippen LogP contribution in [0, 0.1) is 0 Å². The number of hydrogen-bond donors (Lipinski definition) is 1. The zero-order valence-electron chi connectivity index (χ0n) is 16.6. The van der Waals surface area contributed by atoms with E-state index in [4.69, 9.17) is 18.9 Å². The number of rotatable bonds is 6. The summed E-state index contributed by atoms with van der Waals surface area (Å²) >= 11 is 0. The van der Waals surface area contributed by atoms with Gasteiger partial charge >= 0.3 is 0 Å². The minimum absolute atomic E-state index is 0.533. The van der Waals surface area contributed by atoms with E-state index in [1.807, 2.05) is 42.5 Å². The fourth-order valence-electron chi connectivity index (χ4n) is 3.47. The van der Waals surface area contributed by atoms with Crippen LogP contribution in [0.15, 0.2) is 48.7 Å². The van der Waals surface area contributed by atoms with Gasteiger partial charge in [0.2, 0.25) is 5.75 Å². The van der Waals surface area contributed by atoms with Crippen LogP contribution in [0.1, 0.15) is 0 Å². The van der Waals surface area contributed by atoms with E-state index in [-0.39, 0.29) is 0 Å². The number of para-hydroxylation sites is 1. The van der Waals surface area contributed by atoms with Gasteiger partial charge in [-0.3, -0.25) is 5.10 Å². The molecule has 2 aromatic carbocycles. The van der Waals surface area contributed by atoms with E-state index in [1.165, 1.54) is 0 Å². The highest BCUT2D eigenvalue weighted by atomic mass is 16.5. The largest absolute Gasteiger partial charge is 0.496 e. The molecule has 29 heavy (non-hydrogen) atoms. The first kappa shape index (κ1) is 18.6. The van der Waals surface area contributed by atoms with Crippen molar-refractivity contribution in [1.29, 1.82) is 0 Å². The molecule has 0 saturated carbocycles. The molecule has 0 aliphatic rings. The molecule has 7 heteroatoms. The third-order valence-electron chi connectivity index (χ3n) is 4.81. The molecule has 7 nitrogen and oxygen atoms in total. The molecule has 4 aromatic rings. The Labute approximate surface area is 168 Å². The number of methoxy groups -OCH3 is 4. The summed E-state index contributed by atoms with van der Waals surface area (Å²) in [6.45, 7) is 0. The highest BCUT2D eigenvalue weighted by Gasteiger charge is 2.20. The van der Waals surface area contributed by atoms with E-state index in [1.54, 1.807) is 34.6 Å². The molecule has 0 amide bonds. The predicted octanol–water partition coefficient (Wildman–Crippen LogP) is 4.33. The lowest BCUT2D eigenvalue weighted by molar-refractivity contribution is 0.324. The third-order valence-corrected chi connectivity index (χ3v) is 4.81. The van der Waals surface area contributed by atoms with Crippen molar-refractivity contribution < 1.29 is 18.9 Å². The Morgan fingerprint density at radius 1 is 0.759 bits per heavy atom. The maximum atomic E-state index is 5.57. The lowest BCUT2D eigenvalue weighted by Crippen LogP contribution is -1.96. The second-order valence-corrected chi connectivity index (χ2v) is 6.27. The Morgan fingerprint density at radius 3 is 2.10 bits per heavy atom. The zero-order chi connectivity index (χ0) is 20.4. The Balaban J connectivity index is 2.00. The van der Waals surface area contributed by atoms with E-state index in [0.29, 0.717) is 22.9 Å². The van der Waals surface area contributed by atoms with Gasteiger partial charge in [0, 0.05) is 22.9 Å². The maximum Gasteiger partial charge on any atom is 0.203 e. The normalized spacial score (nSPS) is 10.8. The van der Waals surface area contributed by atoms with Crippen molar-refractivity contribution in [2.24, 2.45) is 0 Å². The van der Waals surface area contributed by atoms with Gasteiger partial charge in [0.1, 0.15) is 5.75 Å². The van der Waals surface area contributed by atoms with Crippen LogP contribution in [0.5, 0.6) is 23.0 Å². The SMILES string of the molecule is COc1ccccc1-c1ccnc2n[nH]c(-c3cc(OC)c(OC)c(OC)c3)c12. The lowest BCUT2D eigenvalue weighted by Gasteiger charge is -2.14. The van der Waals surface area contributed by atoms with E-state index in [0.717, 1.165) is 33.5 Å². The van der Waals surface area contributed by atoms with Crippen LogP contribution in [-0.2, 0) is 0 Å². The smallest absolute Gasteiger partial charge is 0.203 e. The fourth-order valence-corrected chi connectivity index (χ4v) is 3.47. The first-order valence-corrected chi connectivity index (χ1v) is 8.98. The molecule has 2 aromatic heterocycles. The molecule has 0 aliphatic carbocycles. The average molecular weight is 391 g/mol. The summed E-state index contributed by atoms with van der Waals surface area (Å²) in [7, 11) is 6.42. The summed E-state index contributed by atoms with van der Waals surface area (Å²) in [5.41, 5.74) is 4.17. The van der Waals surface area contributed by atoms with Gasteiger partial charge in [-0.25, -0.2) is 4.98 Å². The number of aromatic amines is 1. The van der Waals surface area contributed by atoms with Gasteiger partial charge in [0.15, 0.2) is 17.1 Å². The van der Waals surface area contributed by atoms with Crippen LogP contribution >= 0.6 is 0 Å². The summed E-state index contributed by atoms with van der Waals surface area (Å²) in [4.78, 5) is 4.42. The molecule has 4 rings (SSSR count). The summed E-state index contributed by atoms with van der Waals surface area (Å²) in [6.07, 6.45) is 1.74. The maximum absolute atomic E-state index is 5.57. The molecule has 0 aliphatic heterocycles. The van der Waals surface area contributed by atoms with E-state index in [9.17, 15) is 0 Å². The van der Waals surface area contributed by atoms with Crippen molar-refractivity contribution in [3.05, 3.63) is 48.7 Å². The number of nitrogens with zero attached hydrogens (tertiary/aromatic N) is 2. The average Bonchev–Trinajstić information content (AvgIpc) is 3.22. The number of pyridine rings is 1. The van der Waals surface area contributed by atoms with Crippen LogP contribution in [0.3, 0.4) is 0 Å². The fraction of sp³-hybridized carbons (Fsp3) is 0.182. The van der Waals surface area contributed by atoms with Crippen molar-refractivity contribution in [1.82, 2.24) is 15.2 Å². The molecule has 1 N–H and O–H groups in total. The number of fused-ring (bicyclic) bond motifs is 1. The van der Waals surface area contributed by atoms with Gasteiger partial charge in [0.25, 0.3) is 0 Å². The number of aromatic nitrogens is 3. The molecular weight excluding hydrogens is 370 g/mol. The second-order valence-electron chi connectivity index (χ2n) is 6.27. The lowest BCUT2D eigenvalue weighted by atomic mass is 9.98. The first-order valence-electron chi connectivity index (χ1n) is 8.98. The van der Waals surface area contributed by atoms with Gasteiger partial charge in [-0.05, 0) is 24.3 Å². The summed E-state index contributed by atoms with van der Waals surface area (Å²) in [6, 6.07) is 13.6. The highest BCUT2D eigenvalue weighted by molar-refractivity contribution is 6.03. The number of hydrogen-bond acceptors (Lipinski definition) is 6. The highest BCUT2D eigenvalue weighted by Crippen LogP contribution is 2.44. The molecule has 0 radical (unpaired) electrons. The minimum atomic E-state index is 0.533. The van der Waals surface area contributed by atoms with Gasteiger partial charge in [0.05, 0.1) is 39.5 Å². The Kier molecular flexibility index (Phi) is 4.95. The first-order chi connectivity index (χ1) is 14.2. The van der Waals surface area contributed by atoms with E-state index in [2.05, 4.69) is 15.2 Å².